The summed E-state index contributed by atoms with van der Waals surface area (Å²) in [7, 11) is 0. The first kappa shape index (κ1) is 23.9. The number of pyridine rings is 1. The molecular weight excluding hydrogens is 514 g/mol. The lowest BCUT2D eigenvalue weighted by Crippen LogP contribution is -2.25. The van der Waals surface area contributed by atoms with E-state index in [2.05, 4.69) is 59.1 Å². The lowest BCUT2D eigenvalue weighted by molar-refractivity contribution is -0.117. The zero-order chi connectivity index (χ0) is 26.5. The highest BCUT2D eigenvalue weighted by molar-refractivity contribution is 6.30. The van der Waals surface area contributed by atoms with E-state index in [-0.39, 0.29) is 29.8 Å². The number of nitrogens with one attached hydrogen (secondary N) is 1. The van der Waals surface area contributed by atoms with Crippen LogP contribution in [0.2, 0.25) is 5.02 Å². The Hall–Kier alpha value is -4.14. The molecule has 11 heteroatoms. The first-order valence-corrected chi connectivity index (χ1v) is 13.6. The van der Waals surface area contributed by atoms with Crippen molar-refractivity contribution in [2.24, 2.45) is 11.0 Å². The number of carbonyl (C=O) groups is 1. The molecule has 0 spiro atoms. The van der Waals surface area contributed by atoms with E-state index < -0.39 is 0 Å². The average Bonchev–Trinajstić information content (AvgIpc) is 3.85. The Morgan fingerprint density at radius 1 is 1.10 bits per heavy atom. The number of hydrogen-bond acceptors (Lipinski definition) is 6. The molecule has 0 bridgehead atoms. The molecule has 1 saturated heterocycles. The number of hydrogen-bond donors (Lipinski definition) is 1. The maximum absolute atomic E-state index is 13.0. The van der Waals surface area contributed by atoms with E-state index >= 15 is 0 Å². The van der Waals surface area contributed by atoms with E-state index in [1.165, 1.54) is 24.7 Å². The Kier molecular flexibility index (Phi) is 5.86. The fraction of sp³-hybridized carbons (Fsp3) is 0.357. The van der Waals surface area contributed by atoms with E-state index in [1.807, 2.05) is 24.3 Å². The van der Waals surface area contributed by atoms with Crippen LogP contribution in [0, 0.1) is 5.92 Å². The molecule has 1 amide bonds. The molecule has 196 valence electrons. The average molecular weight is 540 g/mol. The second-order valence-corrected chi connectivity index (χ2v) is 11.1. The first-order valence-electron chi connectivity index (χ1n) is 13.2. The highest BCUT2D eigenvalue weighted by atomic mass is 35.5. The van der Waals surface area contributed by atoms with Gasteiger partial charge >= 0.3 is 0 Å². The molecule has 10 nitrogen and oxygen atoms in total. The minimum atomic E-state index is -0.218. The fourth-order valence-corrected chi connectivity index (χ4v) is 5.93. The van der Waals surface area contributed by atoms with Gasteiger partial charge in [0.05, 0.1) is 17.8 Å². The smallest absolute Gasteiger partial charge is 0.229 e. The van der Waals surface area contributed by atoms with Crippen molar-refractivity contribution < 1.29 is 4.79 Å². The van der Waals surface area contributed by atoms with Crippen molar-refractivity contribution in [2.45, 2.75) is 49.6 Å². The van der Waals surface area contributed by atoms with Gasteiger partial charge in [0.1, 0.15) is 23.6 Å². The number of azide groups is 1. The highest BCUT2D eigenvalue weighted by Crippen LogP contribution is 2.48. The van der Waals surface area contributed by atoms with E-state index in [4.69, 9.17) is 22.1 Å². The van der Waals surface area contributed by atoms with Gasteiger partial charge in [-0.2, -0.15) is 0 Å². The van der Waals surface area contributed by atoms with Crippen LogP contribution >= 0.6 is 11.6 Å². The number of halogens is 1. The van der Waals surface area contributed by atoms with Gasteiger partial charge in [0, 0.05) is 40.9 Å². The van der Waals surface area contributed by atoms with Crippen LogP contribution < -0.4 is 10.2 Å². The molecule has 7 rings (SSSR count). The summed E-state index contributed by atoms with van der Waals surface area (Å²) >= 11 is 6.13. The number of benzene rings is 1. The summed E-state index contributed by atoms with van der Waals surface area (Å²) in [6.45, 7) is 0.500. The Morgan fingerprint density at radius 2 is 2.00 bits per heavy atom. The summed E-state index contributed by atoms with van der Waals surface area (Å²) in [5.74, 6) is 1.72. The summed E-state index contributed by atoms with van der Waals surface area (Å²) < 4.78 is 2.08. The topological polar surface area (TPSA) is 124 Å². The fourth-order valence-electron chi connectivity index (χ4n) is 5.73. The van der Waals surface area contributed by atoms with Gasteiger partial charge in [-0.3, -0.25) is 4.79 Å². The second kappa shape index (κ2) is 9.55. The molecule has 1 aromatic carbocycles. The van der Waals surface area contributed by atoms with Crippen molar-refractivity contribution in [3.8, 4) is 0 Å². The van der Waals surface area contributed by atoms with Crippen molar-refractivity contribution in [2.75, 3.05) is 16.8 Å². The van der Waals surface area contributed by atoms with Crippen LogP contribution in [0.5, 0.6) is 0 Å². The standard InChI is InChI=1S/C28H26ClN9O/c29-19-3-1-2-17(8-19)21-10-22(21)28(39)34-25-11-27(32-15-31-25)38-13-20(35-36-30)9-24(38)23-14-37-12-18(16-4-5-16)6-7-26(37)33-23/h1-3,6-8,11-12,14-16,20-22,24H,4-5,9-10,13H2,(H,31,32,34,39)/t20?,21-,22+,24-/m1/s1. The minimum Gasteiger partial charge on any atom is -0.347 e. The largest absolute Gasteiger partial charge is 0.347 e. The van der Waals surface area contributed by atoms with Gasteiger partial charge in [-0.15, -0.1) is 0 Å². The lowest BCUT2D eigenvalue weighted by atomic mass is 10.1. The van der Waals surface area contributed by atoms with Gasteiger partial charge in [0.2, 0.25) is 5.91 Å². The number of carbonyl (C=O) groups excluding carboxylic acids is 1. The van der Waals surface area contributed by atoms with E-state index in [1.54, 1.807) is 6.07 Å². The van der Waals surface area contributed by atoms with Gasteiger partial charge in [0.15, 0.2) is 0 Å². The number of nitrogens with zero attached hydrogens (tertiary/aromatic N) is 8. The number of imidazole rings is 1. The van der Waals surface area contributed by atoms with Crippen LogP contribution in [-0.2, 0) is 4.79 Å². The molecule has 4 heterocycles. The lowest BCUT2D eigenvalue weighted by Gasteiger charge is -2.24. The maximum atomic E-state index is 13.0. The molecule has 4 aromatic rings. The van der Waals surface area contributed by atoms with Gasteiger partial charge in [-0.05, 0) is 72.4 Å². The van der Waals surface area contributed by atoms with Crippen LogP contribution in [0.15, 0.2) is 66.3 Å². The van der Waals surface area contributed by atoms with Gasteiger partial charge in [0.25, 0.3) is 0 Å². The number of fused-ring (bicyclic) bond motifs is 1. The highest BCUT2D eigenvalue weighted by Gasteiger charge is 2.44. The summed E-state index contributed by atoms with van der Waals surface area (Å²) in [6.07, 6.45) is 9.57. The van der Waals surface area contributed by atoms with E-state index in [0.717, 1.165) is 23.3 Å². The number of aromatic nitrogens is 4. The third-order valence-electron chi connectivity index (χ3n) is 7.98. The summed E-state index contributed by atoms with van der Waals surface area (Å²) in [5.41, 5.74) is 13.3. The van der Waals surface area contributed by atoms with Crippen molar-refractivity contribution in [1.82, 2.24) is 19.4 Å². The molecule has 3 aliphatic rings. The second-order valence-electron chi connectivity index (χ2n) is 10.7. The Bertz CT molecular complexity index is 1630. The molecule has 3 aromatic heterocycles. The molecular formula is C28H26ClN9O. The molecule has 1 N–H and O–H groups in total. The van der Waals surface area contributed by atoms with E-state index in [9.17, 15) is 4.79 Å². The third-order valence-corrected chi connectivity index (χ3v) is 8.21. The molecule has 0 radical (unpaired) electrons. The van der Waals surface area contributed by atoms with Gasteiger partial charge < -0.3 is 14.6 Å². The van der Waals surface area contributed by atoms with Crippen molar-refractivity contribution in [3.63, 3.8) is 0 Å². The first-order chi connectivity index (χ1) is 19.1. The molecule has 1 aliphatic heterocycles. The molecule has 1 unspecified atom stereocenters. The molecule has 2 aliphatic carbocycles. The summed E-state index contributed by atoms with van der Waals surface area (Å²) in [5, 5.41) is 7.64. The minimum absolute atomic E-state index is 0.0682. The van der Waals surface area contributed by atoms with Gasteiger partial charge in [-0.25, -0.2) is 15.0 Å². The molecule has 2 saturated carbocycles. The van der Waals surface area contributed by atoms with Gasteiger partial charge in [-0.1, -0.05) is 34.9 Å². The summed E-state index contributed by atoms with van der Waals surface area (Å²) in [4.78, 5) is 31.8. The van der Waals surface area contributed by atoms with Crippen LogP contribution in [0.1, 0.15) is 60.4 Å². The summed E-state index contributed by atoms with van der Waals surface area (Å²) in [6, 6.07) is 13.3. The number of anilines is 2. The monoisotopic (exact) mass is 539 g/mol. The van der Waals surface area contributed by atoms with Crippen molar-refractivity contribution in [1.29, 1.82) is 0 Å². The Morgan fingerprint density at radius 3 is 2.82 bits per heavy atom. The predicted molar refractivity (Wildman–Crippen MR) is 148 cm³/mol. The molecule has 3 fully saturated rings. The normalized spacial score (nSPS) is 24.0. The number of rotatable bonds is 7. The van der Waals surface area contributed by atoms with E-state index in [0.29, 0.717) is 35.5 Å². The third kappa shape index (κ3) is 4.77. The molecule has 39 heavy (non-hydrogen) atoms. The Balaban J connectivity index is 1.12. The maximum Gasteiger partial charge on any atom is 0.229 e. The number of amides is 1. The predicted octanol–water partition coefficient (Wildman–Crippen LogP) is 6.03. The van der Waals surface area contributed by atoms with Crippen molar-refractivity contribution >= 4 is 34.8 Å². The van der Waals surface area contributed by atoms with Crippen LogP contribution in [0.4, 0.5) is 11.6 Å². The van der Waals surface area contributed by atoms with Crippen LogP contribution in [-0.4, -0.2) is 37.8 Å². The zero-order valence-electron chi connectivity index (χ0n) is 21.1. The quantitative estimate of drug-likeness (QED) is 0.174. The van der Waals surface area contributed by atoms with Crippen molar-refractivity contribution in [3.05, 3.63) is 93.5 Å². The SMILES string of the molecule is [N-]=[N+]=NC1C[C@H](c2cn3cc(C4CC4)ccc3n2)N(c2cc(NC(=O)[C@H]3C[C@@H]3c3cccc(Cl)c3)ncn2)C1. The van der Waals surface area contributed by atoms with Crippen LogP contribution in [0.3, 0.4) is 0 Å². The molecule has 4 atom stereocenters. The Labute approximate surface area is 229 Å². The van der Waals surface area contributed by atoms with Crippen LogP contribution in [0.25, 0.3) is 16.1 Å². The zero-order valence-corrected chi connectivity index (χ0v) is 21.8.